The summed E-state index contributed by atoms with van der Waals surface area (Å²) in [5, 5.41) is 6.19. The van der Waals surface area contributed by atoms with Gasteiger partial charge in [-0.25, -0.2) is 4.79 Å². The number of hydrogen-bond donors (Lipinski definition) is 1. The molecule has 6 heteroatoms. The normalized spacial score (nSPS) is 9.58. The maximum Gasteiger partial charge on any atom is 0.357 e. The molecule has 0 aliphatic rings. The number of hydrogen-bond acceptors (Lipinski definition) is 4. The molecule has 0 aromatic carbocycles. The van der Waals surface area contributed by atoms with Gasteiger partial charge in [-0.3, -0.25) is 5.10 Å². The molecule has 1 heterocycles. The summed E-state index contributed by atoms with van der Waals surface area (Å²) < 4.78 is 9.77. The lowest BCUT2D eigenvalue weighted by Gasteiger charge is -1.94. The summed E-state index contributed by atoms with van der Waals surface area (Å²) in [5.41, 5.74) is 0.245. The molecule has 1 aromatic rings. The Morgan fingerprint density at radius 1 is 1.58 bits per heavy atom. The van der Waals surface area contributed by atoms with Crippen molar-refractivity contribution < 1.29 is 14.3 Å². The Bertz CT molecular complexity index is 297. The molecule has 1 N–H and O–H groups in total. The van der Waals surface area contributed by atoms with E-state index in [4.69, 9.17) is 4.74 Å². The highest BCUT2D eigenvalue weighted by molar-refractivity contribution is 9.10. The number of H-pyrrole nitrogens is 1. The number of methoxy groups -OCH3 is 2. The first-order valence-electron chi connectivity index (χ1n) is 3.07. The van der Waals surface area contributed by atoms with Gasteiger partial charge in [-0.15, -0.1) is 5.10 Å². The van der Waals surface area contributed by atoms with Crippen LogP contribution in [-0.4, -0.2) is 30.4 Å². The van der Waals surface area contributed by atoms with E-state index in [1.54, 1.807) is 0 Å². The number of halogens is 1. The Morgan fingerprint density at radius 2 is 2.25 bits per heavy atom. The highest BCUT2D eigenvalue weighted by Crippen LogP contribution is 2.25. The van der Waals surface area contributed by atoms with Crippen molar-refractivity contribution in [2.24, 2.45) is 0 Å². The van der Waals surface area contributed by atoms with Crippen LogP contribution in [0.2, 0.25) is 0 Å². The van der Waals surface area contributed by atoms with E-state index in [-0.39, 0.29) is 5.69 Å². The van der Waals surface area contributed by atoms with Crippen molar-refractivity contribution in [3.05, 3.63) is 10.2 Å². The predicted molar refractivity (Wildman–Crippen MR) is 44.2 cm³/mol. The molecule has 1 aromatic heterocycles. The number of ether oxygens (including phenoxy) is 2. The Balaban J connectivity index is 3.02. The first-order valence-corrected chi connectivity index (χ1v) is 3.86. The molecule has 0 atom stereocenters. The number of nitrogens with one attached hydrogen (secondary N) is 1. The van der Waals surface area contributed by atoms with E-state index in [9.17, 15) is 4.79 Å². The summed E-state index contributed by atoms with van der Waals surface area (Å²) in [7, 11) is 2.75. The van der Waals surface area contributed by atoms with Gasteiger partial charge in [0.05, 0.1) is 14.2 Å². The summed E-state index contributed by atoms with van der Waals surface area (Å²) in [5.74, 6) is -0.159. The van der Waals surface area contributed by atoms with E-state index in [1.807, 2.05) is 0 Å². The van der Waals surface area contributed by atoms with Crippen LogP contribution < -0.4 is 4.74 Å². The van der Waals surface area contributed by atoms with E-state index in [0.29, 0.717) is 10.4 Å². The van der Waals surface area contributed by atoms with Crippen molar-refractivity contribution >= 4 is 21.9 Å². The molecule has 0 saturated heterocycles. The van der Waals surface area contributed by atoms with Gasteiger partial charge >= 0.3 is 5.97 Å². The molecule has 0 unspecified atom stereocenters. The average Bonchev–Trinajstić information content (AvgIpc) is 2.45. The second-order valence-electron chi connectivity index (χ2n) is 1.91. The fourth-order valence-electron chi connectivity index (χ4n) is 0.684. The van der Waals surface area contributed by atoms with Crippen LogP contribution in [0.1, 0.15) is 10.5 Å². The van der Waals surface area contributed by atoms with Crippen LogP contribution >= 0.6 is 15.9 Å². The largest absolute Gasteiger partial charge is 0.479 e. The summed E-state index contributed by atoms with van der Waals surface area (Å²) in [6.45, 7) is 0. The zero-order chi connectivity index (χ0) is 9.14. The van der Waals surface area contributed by atoms with Gasteiger partial charge in [0.2, 0.25) is 5.88 Å². The fraction of sp³-hybridized carbons (Fsp3) is 0.333. The Hall–Kier alpha value is -1.04. The van der Waals surface area contributed by atoms with Crippen LogP contribution in [0.15, 0.2) is 4.47 Å². The molecule has 0 bridgehead atoms. The second-order valence-corrected chi connectivity index (χ2v) is 2.71. The van der Waals surface area contributed by atoms with E-state index >= 15 is 0 Å². The summed E-state index contributed by atoms with van der Waals surface area (Å²) >= 11 is 3.13. The third-order valence-corrected chi connectivity index (χ3v) is 2.00. The molecule has 66 valence electrons. The van der Waals surface area contributed by atoms with Crippen LogP contribution in [0.4, 0.5) is 0 Å². The lowest BCUT2D eigenvalue weighted by molar-refractivity contribution is 0.0593. The van der Waals surface area contributed by atoms with Crippen LogP contribution in [0.5, 0.6) is 5.88 Å². The Morgan fingerprint density at radius 3 is 2.67 bits per heavy atom. The number of aromatic amines is 1. The number of carbonyl (C=O) groups excluding carboxylic acids is 1. The smallest absolute Gasteiger partial charge is 0.357 e. The average molecular weight is 235 g/mol. The van der Waals surface area contributed by atoms with E-state index in [0.717, 1.165) is 0 Å². The standard InChI is InChI=1S/C6H7BrN2O3/c1-11-5-3(7)4(8-9-5)6(10)12-2/h1-2H3,(H,8,9). The predicted octanol–water partition coefficient (Wildman–Crippen LogP) is 0.967. The third-order valence-electron chi connectivity index (χ3n) is 1.26. The maximum atomic E-state index is 11.0. The monoisotopic (exact) mass is 234 g/mol. The van der Waals surface area contributed by atoms with Gasteiger partial charge in [0.25, 0.3) is 0 Å². The van der Waals surface area contributed by atoms with E-state index < -0.39 is 5.97 Å². The van der Waals surface area contributed by atoms with Gasteiger partial charge in [-0.05, 0) is 15.9 Å². The molecule has 0 spiro atoms. The van der Waals surface area contributed by atoms with Crippen molar-refractivity contribution in [2.75, 3.05) is 14.2 Å². The highest BCUT2D eigenvalue weighted by Gasteiger charge is 2.17. The summed E-state index contributed by atoms with van der Waals surface area (Å²) in [4.78, 5) is 11.0. The highest BCUT2D eigenvalue weighted by atomic mass is 79.9. The number of aromatic nitrogens is 2. The fourth-order valence-corrected chi connectivity index (χ4v) is 1.19. The van der Waals surface area contributed by atoms with Crippen molar-refractivity contribution in [2.45, 2.75) is 0 Å². The minimum atomic E-state index is -0.488. The molecule has 0 saturated carbocycles. The van der Waals surface area contributed by atoms with Crippen LogP contribution in [-0.2, 0) is 4.74 Å². The van der Waals surface area contributed by atoms with Crippen molar-refractivity contribution in [1.82, 2.24) is 10.2 Å². The topological polar surface area (TPSA) is 64.2 Å². The number of rotatable bonds is 2. The molecule has 0 amide bonds. The first kappa shape index (κ1) is 9.05. The summed E-state index contributed by atoms with van der Waals surface area (Å²) in [6, 6.07) is 0. The molecule has 0 aliphatic heterocycles. The number of carbonyl (C=O) groups is 1. The molecule has 12 heavy (non-hydrogen) atoms. The minimum absolute atomic E-state index is 0.245. The van der Waals surface area contributed by atoms with E-state index in [1.165, 1.54) is 14.2 Å². The maximum absolute atomic E-state index is 11.0. The zero-order valence-electron chi connectivity index (χ0n) is 6.55. The van der Waals surface area contributed by atoms with Crippen molar-refractivity contribution in [3.8, 4) is 5.88 Å². The van der Waals surface area contributed by atoms with E-state index in [2.05, 4.69) is 30.9 Å². The van der Waals surface area contributed by atoms with Crippen LogP contribution in [0.25, 0.3) is 0 Å². The molecule has 1 rings (SSSR count). The van der Waals surface area contributed by atoms with Crippen molar-refractivity contribution in [1.29, 1.82) is 0 Å². The minimum Gasteiger partial charge on any atom is -0.479 e. The SMILES string of the molecule is COC(=O)c1[nH]nc(OC)c1Br. The lowest BCUT2D eigenvalue weighted by atomic mass is 10.4. The van der Waals surface area contributed by atoms with Gasteiger partial charge < -0.3 is 9.47 Å². The quantitative estimate of drug-likeness (QED) is 0.775. The second kappa shape index (κ2) is 3.57. The molecule has 0 radical (unpaired) electrons. The molecular weight excluding hydrogens is 228 g/mol. The zero-order valence-corrected chi connectivity index (χ0v) is 8.14. The third kappa shape index (κ3) is 1.42. The van der Waals surface area contributed by atoms with Gasteiger partial charge in [0.15, 0.2) is 5.69 Å². The lowest BCUT2D eigenvalue weighted by Crippen LogP contribution is -2.02. The van der Waals surface area contributed by atoms with Crippen LogP contribution in [0.3, 0.4) is 0 Å². The van der Waals surface area contributed by atoms with Gasteiger partial charge in [-0.1, -0.05) is 0 Å². The Kier molecular flexibility index (Phi) is 2.69. The number of esters is 1. The molecular formula is C6H7BrN2O3. The van der Waals surface area contributed by atoms with Crippen molar-refractivity contribution in [3.63, 3.8) is 0 Å². The summed E-state index contributed by atoms with van der Waals surface area (Å²) in [6.07, 6.45) is 0. The molecule has 0 aliphatic carbocycles. The first-order chi connectivity index (χ1) is 5.70. The van der Waals surface area contributed by atoms with Gasteiger partial charge in [-0.2, -0.15) is 0 Å². The van der Waals surface area contributed by atoms with Crippen LogP contribution in [0, 0.1) is 0 Å². The Labute approximate surface area is 77.2 Å². The van der Waals surface area contributed by atoms with Gasteiger partial charge in [0, 0.05) is 0 Å². The molecule has 0 fully saturated rings. The molecule has 5 nitrogen and oxygen atoms in total. The number of nitrogens with zero attached hydrogens (tertiary/aromatic N) is 1. The van der Waals surface area contributed by atoms with Gasteiger partial charge in [0.1, 0.15) is 4.47 Å².